The number of hydrogen-bond donors (Lipinski definition) is 0. The molecule has 1 heterocycles. The second-order valence-corrected chi connectivity index (χ2v) is 4.58. The molecule has 0 unspecified atom stereocenters. The van der Waals surface area contributed by atoms with Crippen LogP contribution in [0.25, 0.3) is 11.3 Å². The third-order valence-electron chi connectivity index (χ3n) is 2.74. The van der Waals surface area contributed by atoms with Gasteiger partial charge in [-0.2, -0.15) is 0 Å². The Hall–Kier alpha value is -1.41. The molecule has 0 amide bonds. The average molecular weight is 247 g/mol. The summed E-state index contributed by atoms with van der Waals surface area (Å²) in [6.45, 7) is 6.24. The van der Waals surface area contributed by atoms with E-state index in [0.29, 0.717) is 5.15 Å². The van der Waals surface area contributed by atoms with Gasteiger partial charge in [-0.05, 0) is 32.4 Å². The molecule has 0 aliphatic rings. The molecular weight excluding hydrogens is 232 g/mol. The van der Waals surface area contributed by atoms with E-state index in [9.17, 15) is 0 Å². The maximum absolute atomic E-state index is 6.11. The largest absolute Gasteiger partial charge is 0.236 e. The first-order chi connectivity index (χ1) is 8.11. The van der Waals surface area contributed by atoms with Gasteiger partial charge in [-0.1, -0.05) is 35.7 Å². The van der Waals surface area contributed by atoms with Gasteiger partial charge in [0.2, 0.25) is 0 Å². The van der Waals surface area contributed by atoms with E-state index in [1.54, 1.807) is 0 Å². The lowest BCUT2D eigenvalue weighted by Gasteiger charge is -2.09. The van der Waals surface area contributed by atoms with E-state index in [0.717, 1.165) is 23.2 Å². The number of hydrogen-bond acceptors (Lipinski definition) is 2. The first-order valence-corrected chi connectivity index (χ1v) is 6.07. The van der Waals surface area contributed by atoms with Crippen molar-refractivity contribution < 1.29 is 0 Å². The molecule has 0 saturated heterocycles. The first-order valence-electron chi connectivity index (χ1n) is 5.70. The normalized spacial score (nSPS) is 10.6. The van der Waals surface area contributed by atoms with Crippen LogP contribution in [-0.2, 0) is 6.42 Å². The molecule has 0 bridgehead atoms. The highest BCUT2D eigenvalue weighted by Gasteiger charge is 2.10. The van der Waals surface area contributed by atoms with Crippen molar-refractivity contribution >= 4 is 11.6 Å². The molecule has 0 N–H and O–H groups in total. The molecule has 2 rings (SSSR count). The first kappa shape index (κ1) is 12.1. The summed E-state index contributed by atoms with van der Waals surface area (Å²) in [6, 6.07) is 6.41. The van der Waals surface area contributed by atoms with Crippen molar-refractivity contribution in [3.63, 3.8) is 0 Å². The minimum Gasteiger partial charge on any atom is -0.236 e. The van der Waals surface area contributed by atoms with Crippen molar-refractivity contribution in [1.29, 1.82) is 0 Å². The Labute approximate surface area is 107 Å². The monoisotopic (exact) mass is 246 g/mol. The molecule has 0 atom stereocenters. The fourth-order valence-electron chi connectivity index (χ4n) is 2.06. The molecule has 1 aromatic heterocycles. The molecule has 0 aliphatic carbocycles. The summed E-state index contributed by atoms with van der Waals surface area (Å²) < 4.78 is 0. The highest BCUT2D eigenvalue weighted by molar-refractivity contribution is 6.30. The number of aromatic nitrogens is 2. The average Bonchev–Trinajstić information content (AvgIpc) is 2.27. The van der Waals surface area contributed by atoms with Gasteiger partial charge in [-0.3, -0.25) is 0 Å². The highest BCUT2D eigenvalue weighted by atomic mass is 35.5. The summed E-state index contributed by atoms with van der Waals surface area (Å²) in [7, 11) is 0. The summed E-state index contributed by atoms with van der Waals surface area (Å²) in [5.41, 5.74) is 5.54. The van der Waals surface area contributed by atoms with Crippen LogP contribution >= 0.6 is 11.6 Å². The second-order valence-electron chi connectivity index (χ2n) is 4.22. The summed E-state index contributed by atoms with van der Waals surface area (Å²) in [5, 5.41) is 0.552. The summed E-state index contributed by atoms with van der Waals surface area (Å²) in [5.74, 6) is 0. The van der Waals surface area contributed by atoms with Gasteiger partial charge in [0.25, 0.3) is 0 Å². The smallest absolute Gasteiger partial charge is 0.136 e. The zero-order valence-electron chi connectivity index (χ0n) is 10.3. The van der Waals surface area contributed by atoms with E-state index in [4.69, 9.17) is 11.6 Å². The van der Waals surface area contributed by atoms with E-state index >= 15 is 0 Å². The summed E-state index contributed by atoms with van der Waals surface area (Å²) in [6.07, 6.45) is 2.36. The SMILES string of the molecule is CCc1c(Cl)ncnc1-c1cc(C)cc(C)c1. The lowest BCUT2D eigenvalue weighted by atomic mass is 10.0. The van der Waals surface area contributed by atoms with Crippen LogP contribution in [0, 0.1) is 13.8 Å². The van der Waals surface area contributed by atoms with Gasteiger partial charge in [0.1, 0.15) is 11.5 Å². The van der Waals surface area contributed by atoms with E-state index in [1.165, 1.54) is 17.5 Å². The van der Waals surface area contributed by atoms with Gasteiger partial charge in [0, 0.05) is 11.1 Å². The standard InChI is InChI=1S/C14H15ClN2/c1-4-12-13(16-8-17-14(12)15)11-6-9(2)5-10(3)7-11/h5-8H,4H2,1-3H3. The van der Waals surface area contributed by atoms with Crippen molar-refractivity contribution in [3.8, 4) is 11.3 Å². The van der Waals surface area contributed by atoms with Crippen molar-refractivity contribution in [2.24, 2.45) is 0 Å². The van der Waals surface area contributed by atoms with Crippen molar-refractivity contribution in [2.75, 3.05) is 0 Å². The molecule has 0 fully saturated rings. The van der Waals surface area contributed by atoms with Gasteiger partial charge in [0.05, 0.1) is 5.69 Å². The zero-order valence-corrected chi connectivity index (χ0v) is 11.0. The third kappa shape index (κ3) is 2.47. The molecule has 2 aromatic rings. The number of halogens is 1. The van der Waals surface area contributed by atoms with Crippen molar-refractivity contribution in [2.45, 2.75) is 27.2 Å². The van der Waals surface area contributed by atoms with Gasteiger partial charge in [-0.25, -0.2) is 9.97 Å². The second kappa shape index (κ2) is 4.84. The molecule has 3 heteroatoms. The summed E-state index contributed by atoms with van der Waals surface area (Å²) >= 11 is 6.11. The number of benzene rings is 1. The van der Waals surface area contributed by atoms with Crippen molar-refractivity contribution in [1.82, 2.24) is 9.97 Å². The minimum absolute atomic E-state index is 0.552. The lowest BCUT2D eigenvalue weighted by molar-refractivity contribution is 1.05. The van der Waals surface area contributed by atoms with Crippen LogP contribution < -0.4 is 0 Å². The third-order valence-corrected chi connectivity index (χ3v) is 3.07. The molecule has 1 aromatic carbocycles. The highest BCUT2D eigenvalue weighted by Crippen LogP contribution is 2.27. The lowest BCUT2D eigenvalue weighted by Crippen LogP contribution is -1.96. The summed E-state index contributed by atoms with van der Waals surface area (Å²) in [4.78, 5) is 8.40. The fraction of sp³-hybridized carbons (Fsp3) is 0.286. The number of aryl methyl sites for hydroxylation is 2. The van der Waals surface area contributed by atoms with E-state index in [2.05, 4.69) is 48.9 Å². The maximum atomic E-state index is 6.11. The van der Waals surface area contributed by atoms with Crippen LogP contribution in [0.15, 0.2) is 24.5 Å². The molecule has 2 nitrogen and oxygen atoms in total. The Balaban J connectivity index is 2.63. The van der Waals surface area contributed by atoms with Gasteiger partial charge in [0.15, 0.2) is 0 Å². The topological polar surface area (TPSA) is 25.8 Å². The molecular formula is C14H15ClN2. The Bertz CT molecular complexity index is 530. The molecule has 17 heavy (non-hydrogen) atoms. The van der Waals surface area contributed by atoms with Crippen LogP contribution in [0.1, 0.15) is 23.6 Å². The zero-order chi connectivity index (χ0) is 12.4. The number of nitrogens with zero attached hydrogens (tertiary/aromatic N) is 2. The molecule has 0 radical (unpaired) electrons. The Morgan fingerprint density at radius 3 is 2.29 bits per heavy atom. The molecule has 0 saturated carbocycles. The Morgan fingerprint density at radius 2 is 1.71 bits per heavy atom. The fourth-order valence-corrected chi connectivity index (χ4v) is 2.33. The quantitative estimate of drug-likeness (QED) is 0.750. The van der Waals surface area contributed by atoms with Gasteiger partial charge in [-0.15, -0.1) is 0 Å². The van der Waals surface area contributed by atoms with E-state index in [-0.39, 0.29) is 0 Å². The van der Waals surface area contributed by atoms with Crippen molar-refractivity contribution in [3.05, 3.63) is 46.4 Å². The van der Waals surface area contributed by atoms with Gasteiger partial charge >= 0.3 is 0 Å². The molecule has 0 spiro atoms. The van der Waals surface area contributed by atoms with Gasteiger partial charge < -0.3 is 0 Å². The van der Waals surface area contributed by atoms with Crippen LogP contribution in [0.2, 0.25) is 5.15 Å². The maximum Gasteiger partial charge on any atom is 0.136 e. The van der Waals surface area contributed by atoms with Crippen LogP contribution in [-0.4, -0.2) is 9.97 Å². The van der Waals surface area contributed by atoms with E-state index in [1.807, 2.05) is 0 Å². The molecule has 0 aliphatic heterocycles. The van der Waals surface area contributed by atoms with Crippen LogP contribution in [0.4, 0.5) is 0 Å². The minimum atomic E-state index is 0.552. The Kier molecular flexibility index (Phi) is 3.43. The Morgan fingerprint density at radius 1 is 1.06 bits per heavy atom. The van der Waals surface area contributed by atoms with E-state index < -0.39 is 0 Å². The van der Waals surface area contributed by atoms with Crippen LogP contribution in [0.5, 0.6) is 0 Å². The number of rotatable bonds is 2. The molecule has 88 valence electrons. The predicted octanol–water partition coefficient (Wildman–Crippen LogP) is 3.98. The van der Waals surface area contributed by atoms with Crippen LogP contribution in [0.3, 0.4) is 0 Å². The predicted molar refractivity (Wildman–Crippen MR) is 71.3 cm³/mol.